The number of hydrogen-bond acceptors (Lipinski definition) is 5. The van der Waals surface area contributed by atoms with Crippen molar-refractivity contribution in [2.75, 3.05) is 6.54 Å². The highest BCUT2D eigenvalue weighted by Gasteiger charge is 2.31. The number of imidazole rings is 1. The smallest absolute Gasteiger partial charge is 0.404 e. The molecule has 5 atom stereocenters. The van der Waals surface area contributed by atoms with Gasteiger partial charge in [0.15, 0.2) is 0 Å². The summed E-state index contributed by atoms with van der Waals surface area (Å²) in [5, 5.41) is 30.0. The van der Waals surface area contributed by atoms with E-state index >= 15 is 0 Å². The number of aromatic amines is 1. The fraction of sp³-hybridized carbons (Fsp3) is 0.656. The molecule has 0 aliphatic heterocycles. The van der Waals surface area contributed by atoms with Crippen LogP contribution in [0, 0.1) is 17.8 Å². The number of rotatable bonds is 17. The van der Waals surface area contributed by atoms with Crippen LogP contribution in [0.4, 0.5) is 4.79 Å². The largest absolute Gasteiger partial charge is 0.465 e. The van der Waals surface area contributed by atoms with Crippen molar-refractivity contribution < 1.29 is 19.8 Å². The van der Waals surface area contributed by atoms with Gasteiger partial charge in [-0.2, -0.15) is 0 Å². The number of carbonyl (C=O) groups excluding carboxylic acids is 1. The number of hydrogen-bond donors (Lipinski definition) is 6. The van der Waals surface area contributed by atoms with E-state index in [0.29, 0.717) is 37.0 Å². The van der Waals surface area contributed by atoms with Gasteiger partial charge in [-0.1, -0.05) is 89.6 Å². The molecule has 1 aliphatic rings. The molecule has 228 valence electrons. The zero-order valence-electron chi connectivity index (χ0n) is 25.0. The van der Waals surface area contributed by atoms with Gasteiger partial charge in [0.2, 0.25) is 5.91 Å². The molecule has 1 fully saturated rings. The van der Waals surface area contributed by atoms with E-state index < -0.39 is 24.3 Å². The van der Waals surface area contributed by atoms with E-state index in [9.17, 15) is 19.8 Å². The van der Waals surface area contributed by atoms with Gasteiger partial charge in [0, 0.05) is 25.2 Å². The Bertz CT molecular complexity index is 1010. The molecule has 9 heteroatoms. The van der Waals surface area contributed by atoms with Crippen LogP contribution >= 0.6 is 0 Å². The standard InChI is InChI=1S/C32H51N5O4/c1-4-25(22(2)3)17-30(38)28(16-24-13-9-6-10-14-24)37-31(39)29(18-26-19-33-21-35-26)34-20-27(36-32(40)41)15-23-11-7-5-8-12-23/h5,7-8,11-12,19,21-22,24-25,27-30,34,36,38H,4,6,9-10,13-18,20H2,1-3H3,(H,33,35)(H,37,39)(H,40,41)/t25-,27-,28-,29-,30+/m0/s1. The van der Waals surface area contributed by atoms with Gasteiger partial charge in [-0.3, -0.25) is 4.79 Å². The Balaban J connectivity index is 1.74. The summed E-state index contributed by atoms with van der Waals surface area (Å²) in [5.41, 5.74) is 1.74. The molecule has 1 aromatic carbocycles. The van der Waals surface area contributed by atoms with Crippen LogP contribution < -0.4 is 16.0 Å². The van der Waals surface area contributed by atoms with Crippen LogP contribution in [-0.2, 0) is 17.6 Å². The fourth-order valence-electron chi connectivity index (χ4n) is 6.16. The first-order chi connectivity index (χ1) is 19.7. The number of aromatic nitrogens is 2. The average Bonchev–Trinajstić information content (AvgIpc) is 3.47. The van der Waals surface area contributed by atoms with Crippen LogP contribution in [0.3, 0.4) is 0 Å². The van der Waals surface area contributed by atoms with E-state index in [4.69, 9.17) is 0 Å². The van der Waals surface area contributed by atoms with Crippen molar-refractivity contribution in [3.8, 4) is 0 Å². The lowest BCUT2D eigenvalue weighted by Crippen LogP contribution is -2.55. The third-order valence-electron chi connectivity index (χ3n) is 8.66. The summed E-state index contributed by atoms with van der Waals surface area (Å²) >= 11 is 0. The Hall–Kier alpha value is -2.91. The van der Waals surface area contributed by atoms with E-state index in [1.165, 1.54) is 19.3 Å². The van der Waals surface area contributed by atoms with Gasteiger partial charge >= 0.3 is 6.09 Å². The number of carboxylic acid groups (broad SMARTS) is 1. The summed E-state index contributed by atoms with van der Waals surface area (Å²) in [5.74, 6) is 1.14. The number of carbonyl (C=O) groups is 2. The zero-order valence-corrected chi connectivity index (χ0v) is 25.0. The van der Waals surface area contributed by atoms with Gasteiger partial charge in [-0.05, 0) is 42.6 Å². The SMILES string of the molecule is CC[C@@H](C[C@@H](O)[C@H](CC1CCCCC1)NC(=O)[C@H](Cc1c[nH]cn1)NC[C@H](Cc1ccccc1)NC(=O)O)C(C)C. The van der Waals surface area contributed by atoms with Crippen molar-refractivity contribution in [3.05, 3.63) is 54.1 Å². The lowest BCUT2D eigenvalue weighted by atomic mass is 9.80. The van der Waals surface area contributed by atoms with Crippen molar-refractivity contribution in [2.24, 2.45) is 17.8 Å². The second-order valence-electron chi connectivity index (χ2n) is 12.1. The Labute approximate surface area is 245 Å². The van der Waals surface area contributed by atoms with E-state index in [1.54, 1.807) is 12.5 Å². The lowest BCUT2D eigenvalue weighted by Gasteiger charge is -2.33. The highest BCUT2D eigenvalue weighted by Crippen LogP contribution is 2.30. The van der Waals surface area contributed by atoms with Gasteiger partial charge in [-0.15, -0.1) is 0 Å². The third-order valence-corrected chi connectivity index (χ3v) is 8.66. The molecular weight excluding hydrogens is 518 g/mol. The molecule has 0 spiro atoms. The van der Waals surface area contributed by atoms with Crippen LogP contribution in [0.2, 0.25) is 0 Å². The minimum atomic E-state index is -1.10. The average molecular weight is 570 g/mol. The molecule has 0 saturated heterocycles. The minimum Gasteiger partial charge on any atom is -0.465 e. The molecule has 0 unspecified atom stereocenters. The first kappa shape index (κ1) is 32.6. The highest BCUT2D eigenvalue weighted by molar-refractivity contribution is 5.82. The predicted octanol–water partition coefficient (Wildman–Crippen LogP) is 4.68. The third kappa shape index (κ3) is 11.5. The molecule has 0 bridgehead atoms. The monoisotopic (exact) mass is 569 g/mol. The van der Waals surface area contributed by atoms with Crippen LogP contribution in [0.15, 0.2) is 42.9 Å². The number of H-pyrrole nitrogens is 1. The summed E-state index contributed by atoms with van der Waals surface area (Å²) in [4.78, 5) is 32.7. The van der Waals surface area contributed by atoms with Crippen LogP contribution in [0.1, 0.15) is 83.4 Å². The summed E-state index contributed by atoms with van der Waals surface area (Å²) in [7, 11) is 0. The van der Waals surface area contributed by atoms with E-state index in [2.05, 4.69) is 46.7 Å². The molecule has 0 radical (unpaired) electrons. The summed E-state index contributed by atoms with van der Waals surface area (Å²) < 4.78 is 0. The Morgan fingerprint density at radius 2 is 1.80 bits per heavy atom. The lowest BCUT2D eigenvalue weighted by molar-refractivity contribution is -0.125. The number of aliphatic hydroxyl groups excluding tert-OH is 1. The van der Waals surface area contributed by atoms with Crippen molar-refractivity contribution in [1.82, 2.24) is 25.9 Å². The molecule has 1 aromatic heterocycles. The second-order valence-corrected chi connectivity index (χ2v) is 12.1. The number of aliphatic hydroxyl groups is 1. The van der Waals surface area contributed by atoms with Gasteiger partial charge in [-0.25, -0.2) is 9.78 Å². The Morgan fingerprint density at radius 1 is 1.07 bits per heavy atom. The maximum Gasteiger partial charge on any atom is 0.404 e. The quantitative estimate of drug-likeness (QED) is 0.164. The molecule has 1 heterocycles. The Morgan fingerprint density at radius 3 is 2.41 bits per heavy atom. The summed E-state index contributed by atoms with van der Waals surface area (Å²) in [6, 6.07) is 8.30. The molecule has 6 N–H and O–H groups in total. The molecule has 41 heavy (non-hydrogen) atoms. The Kier molecular flexibility index (Phi) is 13.6. The van der Waals surface area contributed by atoms with Gasteiger partial charge < -0.3 is 31.1 Å². The predicted molar refractivity (Wildman–Crippen MR) is 162 cm³/mol. The summed E-state index contributed by atoms with van der Waals surface area (Å²) in [6.45, 7) is 6.81. The molecule has 3 rings (SSSR count). The van der Waals surface area contributed by atoms with E-state index in [0.717, 1.165) is 36.9 Å². The fourth-order valence-corrected chi connectivity index (χ4v) is 6.16. The van der Waals surface area contributed by atoms with Gasteiger partial charge in [0.25, 0.3) is 0 Å². The zero-order chi connectivity index (χ0) is 29.6. The first-order valence-corrected chi connectivity index (χ1v) is 15.5. The normalized spacial score (nSPS) is 17.9. The summed E-state index contributed by atoms with van der Waals surface area (Å²) in [6.07, 6.45) is 10.8. The molecule has 1 aliphatic carbocycles. The number of benzene rings is 1. The molecule has 2 amide bonds. The number of amides is 2. The van der Waals surface area contributed by atoms with Crippen molar-refractivity contribution in [3.63, 3.8) is 0 Å². The molecule has 9 nitrogen and oxygen atoms in total. The van der Waals surface area contributed by atoms with Crippen molar-refractivity contribution in [1.29, 1.82) is 0 Å². The second kappa shape index (κ2) is 17.1. The minimum absolute atomic E-state index is 0.195. The molecule has 2 aromatic rings. The maximum absolute atomic E-state index is 13.8. The number of nitrogens with one attached hydrogen (secondary N) is 4. The maximum atomic E-state index is 13.8. The topological polar surface area (TPSA) is 139 Å². The molecular formula is C32H51N5O4. The first-order valence-electron chi connectivity index (χ1n) is 15.5. The van der Waals surface area contributed by atoms with Gasteiger partial charge in [0.05, 0.1) is 30.2 Å². The van der Waals surface area contributed by atoms with Crippen LogP contribution in [-0.4, -0.2) is 63.0 Å². The van der Waals surface area contributed by atoms with Gasteiger partial charge in [0.1, 0.15) is 0 Å². The number of nitrogens with zero attached hydrogens (tertiary/aromatic N) is 1. The van der Waals surface area contributed by atoms with E-state index in [-0.39, 0.29) is 18.5 Å². The van der Waals surface area contributed by atoms with E-state index in [1.807, 2.05) is 30.3 Å². The van der Waals surface area contributed by atoms with Crippen LogP contribution in [0.25, 0.3) is 0 Å². The molecule has 1 saturated carbocycles. The van der Waals surface area contributed by atoms with Crippen molar-refractivity contribution in [2.45, 2.75) is 109 Å². The highest BCUT2D eigenvalue weighted by atomic mass is 16.4. The van der Waals surface area contributed by atoms with Crippen molar-refractivity contribution >= 4 is 12.0 Å². The van der Waals surface area contributed by atoms with Crippen LogP contribution in [0.5, 0.6) is 0 Å².